The average Bonchev–Trinajstić information content (AvgIpc) is 3.33. The van der Waals surface area contributed by atoms with Gasteiger partial charge in [-0.3, -0.25) is 9.67 Å². The molecular weight excluding hydrogens is 391 g/mol. The second-order valence-corrected chi connectivity index (χ2v) is 7.34. The normalized spacial score (nSPS) is 11.2. The highest BCUT2D eigenvalue weighted by Crippen LogP contribution is 2.28. The van der Waals surface area contributed by atoms with Crippen LogP contribution in [0, 0.1) is 17.1 Å². The predicted molar refractivity (Wildman–Crippen MR) is 117 cm³/mol. The standard InChI is InChI=1S/C24H19FN6/c25-18-9-7-17(8-10-18)24-19-11-13-27-15-22(19)31(29-24)16-23-28-20-5-1-2-6-21(20)30(23)14-4-3-12-26/h1-2,5-11,13,15H,3-4,14,16H2. The van der Waals surface area contributed by atoms with Gasteiger partial charge in [0.05, 0.1) is 35.4 Å². The lowest BCUT2D eigenvalue weighted by Gasteiger charge is -2.09. The number of aryl methyl sites for hydroxylation is 1. The molecule has 5 aromatic rings. The summed E-state index contributed by atoms with van der Waals surface area (Å²) in [5.41, 5.74) is 4.48. The Morgan fingerprint density at radius 3 is 2.68 bits per heavy atom. The van der Waals surface area contributed by atoms with E-state index >= 15 is 0 Å². The molecule has 5 rings (SSSR count). The number of pyridine rings is 1. The second-order valence-electron chi connectivity index (χ2n) is 7.34. The van der Waals surface area contributed by atoms with Gasteiger partial charge in [-0.25, -0.2) is 9.37 Å². The molecule has 0 radical (unpaired) electrons. The summed E-state index contributed by atoms with van der Waals surface area (Å²) >= 11 is 0. The summed E-state index contributed by atoms with van der Waals surface area (Å²) in [7, 11) is 0. The molecule has 0 N–H and O–H groups in total. The van der Waals surface area contributed by atoms with Crippen LogP contribution in [0.5, 0.6) is 0 Å². The van der Waals surface area contributed by atoms with E-state index in [0.717, 1.165) is 45.4 Å². The van der Waals surface area contributed by atoms with Crippen LogP contribution in [0.25, 0.3) is 33.2 Å². The van der Waals surface area contributed by atoms with Crippen molar-refractivity contribution in [3.8, 4) is 17.3 Å². The smallest absolute Gasteiger partial charge is 0.131 e. The number of aromatic nitrogens is 5. The summed E-state index contributed by atoms with van der Waals surface area (Å²) < 4.78 is 17.5. The maximum Gasteiger partial charge on any atom is 0.131 e. The number of nitriles is 1. The maximum atomic E-state index is 13.4. The van der Waals surface area contributed by atoms with Crippen LogP contribution in [0.1, 0.15) is 18.7 Å². The zero-order chi connectivity index (χ0) is 21.2. The second kappa shape index (κ2) is 8.00. The molecule has 0 unspecified atom stereocenters. The van der Waals surface area contributed by atoms with E-state index in [9.17, 15) is 4.39 Å². The van der Waals surface area contributed by atoms with Gasteiger partial charge in [-0.05, 0) is 48.9 Å². The van der Waals surface area contributed by atoms with Gasteiger partial charge < -0.3 is 4.57 Å². The summed E-state index contributed by atoms with van der Waals surface area (Å²) in [5, 5.41) is 14.7. The van der Waals surface area contributed by atoms with E-state index in [-0.39, 0.29) is 5.82 Å². The van der Waals surface area contributed by atoms with Crippen molar-refractivity contribution in [1.29, 1.82) is 5.26 Å². The first-order chi connectivity index (χ1) is 15.2. The van der Waals surface area contributed by atoms with Gasteiger partial charge in [-0.2, -0.15) is 10.4 Å². The third-order valence-corrected chi connectivity index (χ3v) is 5.37. The van der Waals surface area contributed by atoms with Crippen LogP contribution in [0.15, 0.2) is 67.0 Å². The molecule has 31 heavy (non-hydrogen) atoms. The fourth-order valence-electron chi connectivity index (χ4n) is 3.91. The van der Waals surface area contributed by atoms with Crippen molar-refractivity contribution >= 4 is 21.9 Å². The zero-order valence-corrected chi connectivity index (χ0v) is 16.7. The van der Waals surface area contributed by atoms with E-state index in [4.69, 9.17) is 15.3 Å². The van der Waals surface area contributed by atoms with E-state index in [1.165, 1.54) is 12.1 Å². The Hall–Kier alpha value is -4.05. The number of para-hydroxylation sites is 2. The summed E-state index contributed by atoms with van der Waals surface area (Å²) in [6, 6.07) is 18.5. The van der Waals surface area contributed by atoms with Gasteiger partial charge in [0.25, 0.3) is 0 Å². The number of rotatable bonds is 6. The molecule has 3 heterocycles. The van der Waals surface area contributed by atoms with Crippen molar-refractivity contribution in [3.63, 3.8) is 0 Å². The van der Waals surface area contributed by atoms with E-state index in [0.29, 0.717) is 19.5 Å². The van der Waals surface area contributed by atoms with Gasteiger partial charge in [0.15, 0.2) is 0 Å². The van der Waals surface area contributed by atoms with Crippen molar-refractivity contribution in [2.75, 3.05) is 0 Å². The van der Waals surface area contributed by atoms with Crippen molar-refractivity contribution in [2.45, 2.75) is 25.9 Å². The Labute approximate surface area is 178 Å². The van der Waals surface area contributed by atoms with Gasteiger partial charge in [-0.15, -0.1) is 0 Å². The summed E-state index contributed by atoms with van der Waals surface area (Å²) in [6.45, 7) is 1.18. The van der Waals surface area contributed by atoms with Gasteiger partial charge >= 0.3 is 0 Å². The Bertz CT molecular complexity index is 1410. The van der Waals surface area contributed by atoms with Crippen LogP contribution < -0.4 is 0 Å². The van der Waals surface area contributed by atoms with Crippen LogP contribution >= 0.6 is 0 Å². The molecule has 7 heteroatoms. The third-order valence-electron chi connectivity index (χ3n) is 5.37. The Balaban J connectivity index is 1.60. The highest BCUT2D eigenvalue weighted by molar-refractivity contribution is 5.92. The van der Waals surface area contributed by atoms with Crippen LogP contribution in [-0.2, 0) is 13.1 Å². The topological polar surface area (TPSA) is 72.3 Å². The summed E-state index contributed by atoms with van der Waals surface area (Å²) in [5.74, 6) is 0.596. The Morgan fingerprint density at radius 2 is 1.84 bits per heavy atom. The van der Waals surface area contributed by atoms with Crippen LogP contribution in [-0.4, -0.2) is 24.3 Å². The molecule has 0 amide bonds. The fraction of sp³-hybridized carbons (Fsp3) is 0.167. The number of nitrogens with zero attached hydrogens (tertiary/aromatic N) is 6. The van der Waals surface area contributed by atoms with Crippen LogP contribution in [0.2, 0.25) is 0 Å². The number of halogens is 1. The average molecular weight is 410 g/mol. The summed E-state index contributed by atoms with van der Waals surface area (Å²) in [6.07, 6.45) is 4.78. The quantitative estimate of drug-likeness (QED) is 0.372. The molecule has 0 bridgehead atoms. The minimum atomic E-state index is -0.278. The molecule has 0 saturated heterocycles. The number of unbranched alkanes of at least 4 members (excludes halogenated alkanes) is 1. The Kier molecular flexibility index (Phi) is 4.89. The van der Waals surface area contributed by atoms with Crippen molar-refractivity contribution in [2.24, 2.45) is 0 Å². The van der Waals surface area contributed by atoms with Crippen LogP contribution in [0.3, 0.4) is 0 Å². The molecule has 152 valence electrons. The van der Waals surface area contributed by atoms with E-state index in [1.807, 2.05) is 35.0 Å². The fourth-order valence-corrected chi connectivity index (χ4v) is 3.91. The maximum absolute atomic E-state index is 13.4. The molecule has 0 spiro atoms. The molecule has 0 saturated carbocycles. The molecular formula is C24H19FN6. The molecule has 2 aromatic carbocycles. The SMILES string of the molecule is N#CCCCn1c(Cn2nc(-c3ccc(F)cc3)c3ccncc32)nc2ccccc21. The lowest BCUT2D eigenvalue weighted by atomic mass is 10.1. The summed E-state index contributed by atoms with van der Waals surface area (Å²) in [4.78, 5) is 9.11. The monoisotopic (exact) mass is 410 g/mol. The number of hydrogen-bond donors (Lipinski definition) is 0. The van der Waals surface area contributed by atoms with E-state index < -0.39 is 0 Å². The zero-order valence-electron chi connectivity index (χ0n) is 16.7. The molecule has 0 aliphatic carbocycles. The number of hydrogen-bond acceptors (Lipinski definition) is 4. The third kappa shape index (κ3) is 3.53. The van der Waals surface area contributed by atoms with E-state index in [1.54, 1.807) is 24.5 Å². The molecule has 3 aromatic heterocycles. The number of imidazole rings is 1. The lowest BCUT2D eigenvalue weighted by molar-refractivity contribution is 0.594. The highest BCUT2D eigenvalue weighted by Gasteiger charge is 2.16. The first-order valence-electron chi connectivity index (χ1n) is 10.1. The molecule has 6 nitrogen and oxygen atoms in total. The van der Waals surface area contributed by atoms with Gasteiger partial charge in [0.1, 0.15) is 17.3 Å². The number of fused-ring (bicyclic) bond motifs is 2. The minimum Gasteiger partial charge on any atom is -0.326 e. The van der Waals surface area contributed by atoms with Gasteiger partial charge in [-0.1, -0.05) is 12.1 Å². The molecule has 0 aliphatic heterocycles. The minimum absolute atomic E-state index is 0.278. The largest absolute Gasteiger partial charge is 0.326 e. The van der Waals surface area contributed by atoms with Crippen molar-refractivity contribution in [3.05, 3.63) is 78.6 Å². The van der Waals surface area contributed by atoms with Crippen molar-refractivity contribution in [1.82, 2.24) is 24.3 Å². The van der Waals surface area contributed by atoms with Gasteiger partial charge in [0, 0.05) is 30.1 Å². The highest BCUT2D eigenvalue weighted by atomic mass is 19.1. The lowest BCUT2D eigenvalue weighted by Crippen LogP contribution is -2.10. The predicted octanol–water partition coefficient (Wildman–Crippen LogP) is 4.94. The molecule has 0 atom stereocenters. The van der Waals surface area contributed by atoms with Crippen LogP contribution in [0.4, 0.5) is 4.39 Å². The number of benzene rings is 2. The van der Waals surface area contributed by atoms with E-state index in [2.05, 4.69) is 15.6 Å². The first kappa shape index (κ1) is 18.9. The van der Waals surface area contributed by atoms with Crippen molar-refractivity contribution < 1.29 is 4.39 Å². The molecule has 0 fully saturated rings. The van der Waals surface area contributed by atoms with Gasteiger partial charge in [0.2, 0.25) is 0 Å². The Morgan fingerprint density at radius 1 is 1.00 bits per heavy atom. The first-order valence-corrected chi connectivity index (χ1v) is 10.1. The molecule has 0 aliphatic rings.